The average molecular weight is 279 g/mol. The molecule has 1 N–H and O–H groups in total. The predicted molar refractivity (Wildman–Crippen MR) is 74.6 cm³/mol. The van der Waals surface area contributed by atoms with Crippen molar-refractivity contribution in [2.24, 2.45) is 0 Å². The number of rotatable bonds is 4. The molecule has 2 nitrogen and oxygen atoms in total. The van der Waals surface area contributed by atoms with E-state index in [0.29, 0.717) is 16.3 Å². The van der Waals surface area contributed by atoms with Gasteiger partial charge in [0.05, 0.1) is 5.75 Å². The Bertz CT molecular complexity index is 552. The smallest absolute Gasteiger partial charge is 0.173 e. The SMILES string of the molecule is O=C(CSc1cccc(Cl)c1)c1ccc(O)cc1. The van der Waals surface area contributed by atoms with Gasteiger partial charge < -0.3 is 5.11 Å². The first kappa shape index (κ1) is 13.0. The first-order valence-electron chi connectivity index (χ1n) is 5.36. The number of hydrogen-bond acceptors (Lipinski definition) is 3. The van der Waals surface area contributed by atoms with Crippen molar-refractivity contribution in [3.63, 3.8) is 0 Å². The number of phenols is 1. The highest BCUT2D eigenvalue weighted by Gasteiger charge is 2.06. The molecule has 2 rings (SSSR count). The standard InChI is InChI=1S/C14H11ClO2S/c15-11-2-1-3-13(8-11)18-9-14(17)10-4-6-12(16)7-5-10/h1-8,16H,9H2. The molecule has 0 amide bonds. The fourth-order valence-electron chi connectivity index (χ4n) is 1.44. The molecule has 0 aliphatic heterocycles. The molecule has 0 heterocycles. The molecule has 0 aliphatic rings. The highest BCUT2D eigenvalue weighted by atomic mass is 35.5. The number of phenolic OH excluding ortho intramolecular Hbond substituents is 1. The second kappa shape index (κ2) is 5.94. The van der Waals surface area contributed by atoms with E-state index >= 15 is 0 Å². The largest absolute Gasteiger partial charge is 0.508 e. The molecule has 0 aromatic heterocycles. The van der Waals surface area contributed by atoms with Crippen LogP contribution in [0.2, 0.25) is 5.02 Å². The second-order valence-electron chi connectivity index (χ2n) is 3.72. The van der Waals surface area contributed by atoms with E-state index in [4.69, 9.17) is 16.7 Å². The summed E-state index contributed by atoms with van der Waals surface area (Å²) in [6.45, 7) is 0. The fraction of sp³-hybridized carbons (Fsp3) is 0.0714. The Morgan fingerprint density at radius 3 is 2.56 bits per heavy atom. The Hall–Kier alpha value is -1.45. The van der Waals surface area contributed by atoms with Crippen molar-refractivity contribution in [1.29, 1.82) is 0 Å². The number of carbonyl (C=O) groups is 1. The minimum atomic E-state index is 0.0278. The van der Waals surface area contributed by atoms with Crippen molar-refractivity contribution in [3.8, 4) is 5.75 Å². The van der Waals surface area contributed by atoms with Crippen LogP contribution < -0.4 is 0 Å². The molecule has 0 atom stereocenters. The van der Waals surface area contributed by atoms with E-state index in [1.165, 1.54) is 23.9 Å². The maximum Gasteiger partial charge on any atom is 0.173 e. The van der Waals surface area contributed by atoms with Gasteiger partial charge in [-0.15, -0.1) is 11.8 Å². The zero-order valence-electron chi connectivity index (χ0n) is 9.47. The summed E-state index contributed by atoms with van der Waals surface area (Å²) in [5.74, 6) is 0.541. The molecule has 0 fully saturated rings. The number of carbonyl (C=O) groups excluding carboxylic acids is 1. The van der Waals surface area contributed by atoms with Gasteiger partial charge in [-0.1, -0.05) is 17.7 Å². The maximum absolute atomic E-state index is 11.9. The average Bonchev–Trinajstić information content (AvgIpc) is 2.37. The van der Waals surface area contributed by atoms with Crippen LogP contribution in [0.1, 0.15) is 10.4 Å². The predicted octanol–water partition coefficient (Wildman–Crippen LogP) is 4.02. The Morgan fingerprint density at radius 2 is 1.89 bits per heavy atom. The lowest BCUT2D eigenvalue weighted by molar-refractivity contribution is 0.102. The van der Waals surface area contributed by atoms with Gasteiger partial charge in [0.25, 0.3) is 0 Å². The van der Waals surface area contributed by atoms with Gasteiger partial charge in [0, 0.05) is 15.5 Å². The lowest BCUT2D eigenvalue weighted by Crippen LogP contribution is -2.01. The van der Waals surface area contributed by atoms with Crippen LogP contribution in [0.25, 0.3) is 0 Å². The minimum absolute atomic E-state index is 0.0278. The van der Waals surface area contributed by atoms with Crippen LogP contribution in [0.3, 0.4) is 0 Å². The van der Waals surface area contributed by atoms with Crippen LogP contribution >= 0.6 is 23.4 Å². The van der Waals surface area contributed by atoms with Crippen LogP contribution in [0, 0.1) is 0 Å². The normalized spacial score (nSPS) is 10.3. The summed E-state index contributed by atoms with van der Waals surface area (Å²) in [5, 5.41) is 9.81. The van der Waals surface area contributed by atoms with E-state index in [1.807, 2.05) is 18.2 Å². The molecule has 0 saturated heterocycles. The van der Waals surface area contributed by atoms with E-state index in [1.54, 1.807) is 18.2 Å². The molecule has 0 unspecified atom stereocenters. The number of halogens is 1. The molecule has 18 heavy (non-hydrogen) atoms. The third-order valence-electron chi connectivity index (χ3n) is 2.36. The van der Waals surface area contributed by atoms with Crippen molar-refractivity contribution in [1.82, 2.24) is 0 Å². The van der Waals surface area contributed by atoms with Gasteiger partial charge in [0.2, 0.25) is 0 Å². The molecule has 4 heteroatoms. The Kier molecular flexibility index (Phi) is 4.28. The Morgan fingerprint density at radius 1 is 1.17 bits per heavy atom. The van der Waals surface area contributed by atoms with Gasteiger partial charge >= 0.3 is 0 Å². The summed E-state index contributed by atoms with van der Waals surface area (Å²) in [6, 6.07) is 13.7. The lowest BCUT2D eigenvalue weighted by atomic mass is 10.1. The third kappa shape index (κ3) is 3.52. The zero-order valence-corrected chi connectivity index (χ0v) is 11.0. The van der Waals surface area contributed by atoms with Gasteiger partial charge in [-0.25, -0.2) is 0 Å². The number of hydrogen-bond donors (Lipinski definition) is 1. The number of thioether (sulfide) groups is 1. The summed E-state index contributed by atoms with van der Waals surface area (Å²) in [6.07, 6.45) is 0. The van der Waals surface area contributed by atoms with Crippen molar-refractivity contribution in [2.75, 3.05) is 5.75 Å². The van der Waals surface area contributed by atoms with E-state index in [9.17, 15) is 4.79 Å². The number of ketones is 1. The zero-order chi connectivity index (χ0) is 13.0. The molecule has 0 saturated carbocycles. The highest BCUT2D eigenvalue weighted by molar-refractivity contribution is 8.00. The van der Waals surface area contributed by atoms with Gasteiger partial charge in [-0.05, 0) is 42.5 Å². The fourth-order valence-corrected chi connectivity index (χ4v) is 2.54. The van der Waals surface area contributed by atoms with Crippen LogP contribution in [0.4, 0.5) is 0 Å². The lowest BCUT2D eigenvalue weighted by Gasteiger charge is -2.02. The summed E-state index contributed by atoms with van der Waals surface area (Å²) in [5.41, 5.74) is 0.599. The molecule has 0 aliphatic carbocycles. The second-order valence-corrected chi connectivity index (χ2v) is 5.20. The molecule has 2 aromatic rings. The van der Waals surface area contributed by atoms with Crippen molar-refractivity contribution in [2.45, 2.75) is 4.90 Å². The molecular weight excluding hydrogens is 268 g/mol. The summed E-state index contributed by atoms with van der Waals surface area (Å²) < 4.78 is 0. The molecule has 92 valence electrons. The van der Waals surface area contributed by atoms with Crippen LogP contribution in [0.5, 0.6) is 5.75 Å². The highest BCUT2D eigenvalue weighted by Crippen LogP contribution is 2.22. The van der Waals surface area contributed by atoms with Crippen LogP contribution in [-0.2, 0) is 0 Å². The van der Waals surface area contributed by atoms with E-state index < -0.39 is 0 Å². The maximum atomic E-state index is 11.9. The first-order valence-corrected chi connectivity index (χ1v) is 6.72. The van der Waals surface area contributed by atoms with Crippen LogP contribution in [-0.4, -0.2) is 16.6 Å². The van der Waals surface area contributed by atoms with E-state index in [0.717, 1.165) is 4.90 Å². The molecular formula is C14H11ClO2S. The topological polar surface area (TPSA) is 37.3 Å². The van der Waals surface area contributed by atoms with Gasteiger partial charge in [-0.3, -0.25) is 4.79 Å². The summed E-state index contributed by atoms with van der Waals surface area (Å²) in [4.78, 5) is 12.8. The van der Waals surface area contributed by atoms with E-state index in [2.05, 4.69) is 0 Å². The van der Waals surface area contributed by atoms with Crippen molar-refractivity contribution >= 4 is 29.1 Å². The first-order chi connectivity index (χ1) is 8.65. The Labute approximate surface area is 115 Å². The third-order valence-corrected chi connectivity index (χ3v) is 3.58. The van der Waals surface area contributed by atoms with Crippen LogP contribution in [0.15, 0.2) is 53.4 Å². The Balaban J connectivity index is 1.98. The monoisotopic (exact) mass is 278 g/mol. The summed E-state index contributed by atoms with van der Waals surface area (Å²) >= 11 is 7.31. The quantitative estimate of drug-likeness (QED) is 0.678. The van der Waals surface area contributed by atoms with Gasteiger partial charge in [-0.2, -0.15) is 0 Å². The number of aromatic hydroxyl groups is 1. The molecule has 2 aromatic carbocycles. The summed E-state index contributed by atoms with van der Waals surface area (Å²) in [7, 11) is 0. The number of Topliss-reactive ketones (excluding diaryl/α,β-unsaturated/α-hetero) is 1. The molecule has 0 radical (unpaired) electrons. The van der Waals surface area contributed by atoms with Gasteiger partial charge in [0.15, 0.2) is 5.78 Å². The minimum Gasteiger partial charge on any atom is -0.508 e. The van der Waals surface area contributed by atoms with E-state index in [-0.39, 0.29) is 11.5 Å². The van der Waals surface area contributed by atoms with Crippen molar-refractivity contribution < 1.29 is 9.90 Å². The van der Waals surface area contributed by atoms with Gasteiger partial charge in [0.1, 0.15) is 5.75 Å². The van der Waals surface area contributed by atoms with Crippen molar-refractivity contribution in [3.05, 3.63) is 59.1 Å². The molecule has 0 spiro atoms. The number of benzene rings is 2. The molecule has 0 bridgehead atoms.